The van der Waals surface area contributed by atoms with Crippen molar-refractivity contribution < 1.29 is 9.53 Å². The molecule has 0 heterocycles. The summed E-state index contributed by atoms with van der Waals surface area (Å²) in [4.78, 5) is 11.3. The van der Waals surface area contributed by atoms with E-state index in [-0.39, 0.29) is 10.8 Å². The molecule has 3 nitrogen and oxygen atoms in total. The maximum atomic E-state index is 11.3. The minimum Gasteiger partial charge on any atom is -0.410 e. The molecular formula is C16H23NO2. The van der Waals surface area contributed by atoms with E-state index >= 15 is 0 Å². The Morgan fingerprint density at radius 2 is 1.68 bits per heavy atom. The molecule has 0 radical (unpaired) electrons. The topological polar surface area (TPSA) is 38.3 Å². The summed E-state index contributed by atoms with van der Waals surface area (Å²) in [5, 5.41) is 2.47. The monoisotopic (exact) mass is 261 g/mol. The van der Waals surface area contributed by atoms with Gasteiger partial charge in [0.1, 0.15) is 5.75 Å². The molecule has 104 valence electrons. The predicted octanol–water partition coefficient (Wildman–Crippen LogP) is 3.75. The van der Waals surface area contributed by atoms with Gasteiger partial charge >= 0.3 is 6.09 Å². The molecule has 0 saturated heterocycles. The second-order valence-corrected chi connectivity index (χ2v) is 6.61. The van der Waals surface area contributed by atoms with E-state index in [1.54, 1.807) is 7.05 Å². The molecule has 1 aromatic carbocycles. The Balaban J connectivity index is 2.44. The van der Waals surface area contributed by atoms with Crippen LogP contribution in [0, 0.1) is 0 Å². The van der Waals surface area contributed by atoms with Gasteiger partial charge in [0.25, 0.3) is 0 Å². The quantitative estimate of drug-likeness (QED) is 0.836. The molecule has 2 rings (SSSR count). The van der Waals surface area contributed by atoms with Crippen LogP contribution in [0.3, 0.4) is 0 Å². The van der Waals surface area contributed by atoms with Gasteiger partial charge in [-0.15, -0.1) is 0 Å². The van der Waals surface area contributed by atoms with Crippen molar-refractivity contribution in [2.24, 2.45) is 0 Å². The van der Waals surface area contributed by atoms with Crippen LogP contribution in [0.4, 0.5) is 4.79 Å². The summed E-state index contributed by atoms with van der Waals surface area (Å²) in [7, 11) is 1.56. The summed E-state index contributed by atoms with van der Waals surface area (Å²) in [6.07, 6.45) is 1.91. The largest absolute Gasteiger partial charge is 0.412 e. The van der Waals surface area contributed by atoms with E-state index in [2.05, 4.69) is 39.1 Å². The number of carbonyl (C=O) groups excluding carboxylic acids is 1. The van der Waals surface area contributed by atoms with E-state index in [0.29, 0.717) is 5.75 Å². The molecule has 0 unspecified atom stereocenters. The lowest BCUT2D eigenvalue weighted by atomic mass is 9.63. The maximum absolute atomic E-state index is 11.3. The first kappa shape index (κ1) is 13.9. The molecule has 0 bridgehead atoms. The normalized spacial score (nSPS) is 19.4. The van der Waals surface area contributed by atoms with Gasteiger partial charge in [-0.3, -0.25) is 0 Å². The lowest BCUT2D eigenvalue weighted by Gasteiger charge is -2.41. The Hall–Kier alpha value is -1.51. The van der Waals surface area contributed by atoms with Crippen molar-refractivity contribution in [2.75, 3.05) is 7.05 Å². The van der Waals surface area contributed by atoms with Crippen molar-refractivity contribution in [1.82, 2.24) is 5.32 Å². The molecular weight excluding hydrogens is 238 g/mol. The molecule has 1 amide bonds. The third kappa shape index (κ3) is 2.60. The third-order valence-electron chi connectivity index (χ3n) is 4.24. The summed E-state index contributed by atoms with van der Waals surface area (Å²) < 4.78 is 5.24. The molecule has 1 aromatic rings. The average molecular weight is 261 g/mol. The highest BCUT2D eigenvalue weighted by molar-refractivity contribution is 5.70. The van der Waals surface area contributed by atoms with Crippen molar-refractivity contribution in [3.8, 4) is 5.75 Å². The summed E-state index contributed by atoms with van der Waals surface area (Å²) >= 11 is 0. The van der Waals surface area contributed by atoms with Crippen LogP contribution in [0.1, 0.15) is 51.7 Å². The van der Waals surface area contributed by atoms with E-state index in [4.69, 9.17) is 4.74 Å². The lowest BCUT2D eigenvalue weighted by Crippen LogP contribution is -2.34. The highest BCUT2D eigenvalue weighted by Gasteiger charge is 2.37. The minimum atomic E-state index is -0.423. The number of nitrogens with one attached hydrogen (secondary N) is 1. The molecule has 0 fully saturated rings. The van der Waals surface area contributed by atoms with Gasteiger partial charge < -0.3 is 10.1 Å². The third-order valence-corrected chi connectivity index (χ3v) is 4.24. The van der Waals surface area contributed by atoms with Gasteiger partial charge in [0.15, 0.2) is 0 Å². The molecule has 0 aromatic heterocycles. The second-order valence-electron chi connectivity index (χ2n) is 6.61. The number of rotatable bonds is 1. The van der Waals surface area contributed by atoms with E-state index < -0.39 is 6.09 Å². The van der Waals surface area contributed by atoms with Crippen molar-refractivity contribution >= 4 is 6.09 Å². The molecule has 1 aliphatic rings. The summed E-state index contributed by atoms with van der Waals surface area (Å²) in [5.74, 6) is 0.615. The van der Waals surface area contributed by atoms with Crippen LogP contribution in [-0.4, -0.2) is 13.1 Å². The molecule has 0 aliphatic heterocycles. The number of fused-ring (bicyclic) bond motifs is 1. The fourth-order valence-electron chi connectivity index (χ4n) is 2.79. The Bertz CT molecular complexity index is 503. The van der Waals surface area contributed by atoms with Gasteiger partial charge in [-0.2, -0.15) is 0 Å². The van der Waals surface area contributed by atoms with Crippen molar-refractivity contribution in [1.29, 1.82) is 0 Å². The van der Waals surface area contributed by atoms with Crippen molar-refractivity contribution in [2.45, 2.75) is 51.4 Å². The number of hydrogen-bond donors (Lipinski definition) is 1. The first-order valence-electron chi connectivity index (χ1n) is 6.81. The zero-order chi connectivity index (χ0) is 14.3. The van der Waals surface area contributed by atoms with Crippen LogP contribution in [-0.2, 0) is 10.8 Å². The zero-order valence-corrected chi connectivity index (χ0v) is 12.5. The van der Waals surface area contributed by atoms with Crippen LogP contribution in [0.25, 0.3) is 0 Å². The zero-order valence-electron chi connectivity index (χ0n) is 12.5. The van der Waals surface area contributed by atoms with E-state index in [9.17, 15) is 4.79 Å². The summed E-state index contributed by atoms with van der Waals surface area (Å²) in [5.41, 5.74) is 2.99. The number of benzene rings is 1. The van der Waals surface area contributed by atoms with Gasteiger partial charge in [0.05, 0.1) is 0 Å². The number of hydrogen-bond acceptors (Lipinski definition) is 2. The Morgan fingerprint density at radius 1 is 1.11 bits per heavy atom. The fourth-order valence-corrected chi connectivity index (χ4v) is 2.79. The lowest BCUT2D eigenvalue weighted by molar-refractivity contribution is 0.202. The smallest absolute Gasteiger partial charge is 0.410 e. The standard InChI is InChI=1S/C16H23NO2/c1-15(2)8-9-16(3,4)13-10-11(6-7-12(13)15)19-14(18)17-5/h6-7,10H,8-9H2,1-5H3,(H,17,18). The molecule has 0 spiro atoms. The van der Waals surface area contributed by atoms with E-state index in [1.807, 2.05) is 12.1 Å². The first-order chi connectivity index (χ1) is 8.76. The Morgan fingerprint density at radius 3 is 2.26 bits per heavy atom. The molecule has 1 aliphatic carbocycles. The van der Waals surface area contributed by atoms with E-state index in [1.165, 1.54) is 17.5 Å². The van der Waals surface area contributed by atoms with Gasteiger partial charge in [-0.25, -0.2) is 4.79 Å². The van der Waals surface area contributed by atoms with Gasteiger partial charge in [-0.1, -0.05) is 33.8 Å². The predicted molar refractivity (Wildman–Crippen MR) is 76.8 cm³/mol. The van der Waals surface area contributed by atoms with Gasteiger partial charge in [-0.05, 0) is 46.9 Å². The highest BCUT2D eigenvalue weighted by Crippen LogP contribution is 2.46. The van der Waals surface area contributed by atoms with Gasteiger partial charge in [0.2, 0.25) is 0 Å². The molecule has 0 saturated carbocycles. The van der Waals surface area contributed by atoms with Gasteiger partial charge in [0, 0.05) is 7.05 Å². The molecule has 0 atom stereocenters. The van der Waals surface area contributed by atoms with Crippen LogP contribution in [0.15, 0.2) is 18.2 Å². The van der Waals surface area contributed by atoms with Crippen molar-refractivity contribution in [3.05, 3.63) is 29.3 Å². The van der Waals surface area contributed by atoms with Crippen LogP contribution < -0.4 is 10.1 Å². The molecule has 19 heavy (non-hydrogen) atoms. The summed E-state index contributed by atoms with van der Waals surface area (Å²) in [6, 6.07) is 6.01. The highest BCUT2D eigenvalue weighted by atomic mass is 16.5. The molecule has 3 heteroatoms. The maximum Gasteiger partial charge on any atom is 0.412 e. The van der Waals surface area contributed by atoms with Crippen LogP contribution >= 0.6 is 0 Å². The minimum absolute atomic E-state index is 0.132. The number of ether oxygens (including phenoxy) is 1. The Labute approximate surface area is 115 Å². The fraction of sp³-hybridized carbons (Fsp3) is 0.562. The van der Waals surface area contributed by atoms with Crippen molar-refractivity contribution in [3.63, 3.8) is 0 Å². The van der Waals surface area contributed by atoms with Crippen LogP contribution in [0.2, 0.25) is 0 Å². The Kier molecular flexibility index (Phi) is 3.33. The summed E-state index contributed by atoms with van der Waals surface area (Å²) in [6.45, 7) is 9.07. The first-order valence-corrected chi connectivity index (χ1v) is 6.81. The average Bonchev–Trinajstić information content (AvgIpc) is 2.35. The number of carbonyl (C=O) groups is 1. The van der Waals surface area contributed by atoms with Crippen LogP contribution in [0.5, 0.6) is 5.75 Å². The SMILES string of the molecule is CNC(=O)Oc1ccc2c(c1)C(C)(C)CCC2(C)C. The van der Waals surface area contributed by atoms with E-state index in [0.717, 1.165) is 6.42 Å². The molecule has 1 N–H and O–H groups in total. The number of amides is 1. The second kappa shape index (κ2) is 4.55.